The molecule has 2 heteroatoms. The SMILES string of the molecule is C/C(C(=O)O)=C1/CC[C@@H]2CC[C@@H](C)C(C)(C)[C@H]2C1. The summed E-state index contributed by atoms with van der Waals surface area (Å²) in [7, 11) is 0. The molecule has 2 saturated carbocycles. The van der Waals surface area contributed by atoms with E-state index in [0.717, 1.165) is 24.7 Å². The summed E-state index contributed by atoms with van der Waals surface area (Å²) < 4.78 is 0. The zero-order valence-corrected chi connectivity index (χ0v) is 12.1. The first kappa shape index (κ1) is 13.6. The molecule has 0 amide bonds. The fourth-order valence-corrected chi connectivity index (χ4v) is 4.00. The van der Waals surface area contributed by atoms with Gasteiger partial charge in [0.2, 0.25) is 0 Å². The van der Waals surface area contributed by atoms with Crippen LogP contribution in [0.4, 0.5) is 0 Å². The molecule has 1 N–H and O–H groups in total. The quantitative estimate of drug-likeness (QED) is 0.706. The van der Waals surface area contributed by atoms with E-state index >= 15 is 0 Å². The second-order valence-corrected chi connectivity index (χ2v) is 6.94. The molecule has 0 aromatic carbocycles. The van der Waals surface area contributed by atoms with E-state index in [1.165, 1.54) is 24.8 Å². The van der Waals surface area contributed by atoms with Gasteiger partial charge in [0.05, 0.1) is 0 Å². The second kappa shape index (κ2) is 4.71. The van der Waals surface area contributed by atoms with E-state index in [1.54, 1.807) is 6.92 Å². The smallest absolute Gasteiger partial charge is 0.331 e. The van der Waals surface area contributed by atoms with Crippen LogP contribution in [-0.4, -0.2) is 11.1 Å². The van der Waals surface area contributed by atoms with Crippen LogP contribution in [0.15, 0.2) is 11.1 Å². The van der Waals surface area contributed by atoms with Crippen LogP contribution in [0.25, 0.3) is 0 Å². The minimum Gasteiger partial charge on any atom is -0.478 e. The summed E-state index contributed by atoms with van der Waals surface area (Å²) in [5, 5.41) is 9.15. The lowest BCUT2D eigenvalue weighted by Crippen LogP contribution is -2.42. The third-order valence-electron chi connectivity index (χ3n) is 5.90. The molecule has 2 fully saturated rings. The van der Waals surface area contributed by atoms with Gasteiger partial charge in [-0.2, -0.15) is 0 Å². The Balaban J connectivity index is 2.25. The summed E-state index contributed by atoms with van der Waals surface area (Å²) in [5.74, 6) is 1.52. The molecule has 2 nitrogen and oxygen atoms in total. The van der Waals surface area contributed by atoms with Crippen LogP contribution >= 0.6 is 0 Å². The molecule has 0 radical (unpaired) electrons. The minimum atomic E-state index is -0.731. The van der Waals surface area contributed by atoms with Crippen LogP contribution < -0.4 is 0 Å². The van der Waals surface area contributed by atoms with Gasteiger partial charge in [-0.05, 0) is 62.2 Å². The van der Waals surface area contributed by atoms with E-state index in [0.29, 0.717) is 16.9 Å². The minimum absolute atomic E-state index is 0.355. The average Bonchev–Trinajstić information content (AvgIpc) is 2.33. The molecule has 0 unspecified atom stereocenters. The highest BCUT2D eigenvalue weighted by Gasteiger charge is 2.45. The van der Waals surface area contributed by atoms with E-state index in [9.17, 15) is 4.79 Å². The van der Waals surface area contributed by atoms with Crippen LogP contribution in [0.1, 0.15) is 59.8 Å². The Hall–Kier alpha value is -0.790. The first-order chi connectivity index (χ1) is 8.34. The summed E-state index contributed by atoms with van der Waals surface area (Å²) >= 11 is 0. The predicted octanol–water partition coefficient (Wildman–Crippen LogP) is 4.26. The van der Waals surface area contributed by atoms with Gasteiger partial charge in [-0.1, -0.05) is 26.3 Å². The molecule has 3 atom stereocenters. The lowest BCUT2D eigenvalue weighted by molar-refractivity contribution is -0.132. The summed E-state index contributed by atoms with van der Waals surface area (Å²) in [6.07, 6.45) is 5.89. The van der Waals surface area contributed by atoms with Crippen molar-refractivity contribution in [2.24, 2.45) is 23.2 Å². The van der Waals surface area contributed by atoms with Gasteiger partial charge in [-0.3, -0.25) is 0 Å². The van der Waals surface area contributed by atoms with Gasteiger partial charge < -0.3 is 5.11 Å². The van der Waals surface area contributed by atoms with Crippen LogP contribution in [0, 0.1) is 23.2 Å². The highest BCUT2D eigenvalue weighted by molar-refractivity contribution is 5.86. The molecular formula is C16H26O2. The zero-order valence-electron chi connectivity index (χ0n) is 12.1. The number of hydrogen-bond acceptors (Lipinski definition) is 1. The Morgan fingerprint density at radius 3 is 2.56 bits per heavy atom. The Morgan fingerprint density at radius 2 is 1.94 bits per heavy atom. The van der Waals surface area contributed by atoms with Crippen molar-refractivity contribution in [3.63, 3.8) is 0 Å². The first-order valence-electron chi connectivity index (χ1n) is 7.26. The van der Waals surface area contributed by atoms with Crippen LogP contribution in [0.3, 0.4) is 0 Å². The number of fused-ring (bicyclic) bond motifs is 1. The van der Waals surface area contributed by atoms with Gasteiger partial charge in [0, 0.05) is 5.57 Å². The van der Waals surface area contributed by atoms with E-state index in [-0.39, 0.29) is 0 Å². The Bertz CT molecular complexity index is 379. The molecule has 0 saturated heterocycles. The fourth-order valence-electron chi connectivity index (χ4n) is 4.00. The zero-order chi connectivity index (χ0) is 13.5. The standard InChI is InChI=1S/C16H26O2/c1-10-5-6-12-7-8-13(11(2)15(17)18)9-14(12)16(10,3)4/h10,12,14H,5-9H2,1-4H3,(H,17,18)/b13-11+/t10-,12+,14+/m1/s1. The lowest BCUT2D eigenvalue weighted by atomic mass is 9.54. The highest BCUT2D eigenvalue weighted by Crippen LogP contribution is 2.54. The molecule has 0 aromatic heterocycles. The van der Waals surface area contributed by atoms with Crippen molar-refractivity contribution >= 4 is 5.97 Å². The van der Waals surface area contributed by atoms with Gasteiger partial charge in [-0.25, -0.2) is 4.79 Å². The Kier molecular flexibility index (Phi) is 3.57. The normalized spacial score (nSPS) is 37.9. The first-order valence-corrected chi connectivity index (χ1v) is 7.26. The van der Waals surface area contributed by atoms with E-state index < -0.39 is 5.97 Å². The van der Waals surface area contributed by atoms with Gasteiger partial charge in [0.15, 0.2) is 0 Å². The van der Waals surface area contributed by atoms with Crippen molar-refractivity contribution < 1.29 is 9.90 Å². The molecular weight excluding hydrogens is 224 g/mol. The van der Waals surface area contributed by atoms with Gasteiger partial charge in [-0.15, -0.1) is 0 Å². The molecule has 2 rings (SSSR count). The molecule has 0 aliphatic heterocycles. The number of aliphatic carboxylic acids is 1. The van der Waals surface area contributed by atoms with E-state index in [1.807, 2.05) is 0 Å². The highest BCUT2D eigenvalue weighted by atomic mass is 16.4. The van der Waals surface area contributed by atoms with Crippen molar-refractivity contribution in [2.75, 3.05) is 0 Å². The van der Waals surface area contributed by atoms with Gasteiger partial charge in [0.25, 0.3) is 0 Å². The largest absolute Gasteiger partial charge is 0.478 e. The summed E-state index contributed by atoms with van der Waals surface area (Å²) in [6.45, 7) is 8.90. The van der Waals surface area contributed by atoms with Crippen molar-refractivity contribution in [1.82, 2.24) is 0 Å². The van der Waals surface area contributed by atoms with Crippen molar-refractivity contribution in [1.29, 1.82) is 0 Å². The molecule has 0 spiro atoms. The molecule has 0 bridgehead atoms. The molecule has 2 aliphatic rings. The van der Waals surface area contributed by atoms with Crippen LogP contribution in [0.5, 0.6) is 0 Å². The Morgan fingerprint density at radius 1 is 1.28 bits per heavy atom. The average molecular weight is 250 g/mol. The molecule has 102 valence electrons. The van der Waals surface area contributed by atoms with Crippen molar-refractivity contribution in [3.05, 3.63) is 11.1 Å². The molecule has 0 heterocycles. The monoisotopic (exact) mass is 250 g/mol. The maximum absolute atomic E-state index is 11.1. The maximum Gasteiger partial charge on any atom is 0.331 e. The maximum atomic E-state index is 11.1. The lowest BCUT2D eigenvalue weighted by Gasteiger charge is -2.51. The topological polar surface area (TPSA) is 37.3 Å². The van der Waals surface area contributed by atoms with E-state index in [2.05, 4.69) is 20.8 Å². The van der Waals surface area contributed by atoms with Crippen molar-refractivity contribution in [2.45, 2.75) is 59.8 Å². The fraction of sp³-hybridized carbons (Fsp3) is 0.812. The molecule has 18 heavy (non-hydrogen) atoms. The molecule has 2 aliphatic carbocycles. The number of hydrogen-bond donors (Lipinski definition) is 1. The van der Waals surface area contributed by atoms with E-state index in [4.69, 9.17) is 5.11 Å². The summed E-state index contributed by atoms with van der Waals surface area (Å²) in [6, 6.07) is 0. The van der Waals surface area contributed by atoms with Gasteiger partial charge >= 0.3 is 5.97 Å². The van der Waals surface area contributed by atoms with Crippen LogP contribution in [-0.2, 0) is 4.79 Å². The number of allylic oxidation sites excluding steroid dienone is 1. The predicted molar refractivity (Wildman–Crippen MR) is 73.3 cm³/mol. The molecule has 0 aromatic rings. The summed E-state index contributed by atoms with van der Waals surface area (Å²) in [4.78, 5) is 11.1. The number of carboxylic acids is 1. The third-order valence-corrected chi connectivity index (χ3v) is 5.90. The number of rotatable bonds is 1. The summed E-state index contributed by atoms with van der Waals surface area (Å²) in [5.41, 5.74) is 2.15. The number of carboxylic acid groups (broad SMARTS) is 1. The van der Waals surface area contributed by atoms with Gasteiger partial charge in [0.1, 0.15) is 0 Å². The van der Waals surface area contributed by atoms with Crippen molar-refractivity contribution in [3.8, 4) is 0 Å². The van der Waals surface area contributed by atoms with Crippen LogP contribution in [0.2, 0.25) is 0 Å². The second-order valence-electron chi connectivity index (χ2n) is 6.94. The Labute approximate surface area is 110 Å². The third kappa shape index (κ3) is 2.22. The number of carbonyl (C=O) groups is 1.